The average molecular weight is 441 g/mol. The van der Waals surface area contributed by atoms with Crippen LogP contribution in [-0.2, 0) is 11.3 Å². The summed E-state index contributed by atoms with van der Waals surface area (Å²) in [6.45, 7) is 0.364. The maximum Gasteiger partial charge on any atom is 0.291 e. The Balaban J connectivity index is 1.26. The van der Waals surface area contributed by atoms with Crippen molar-refractivity contribution < 1.29 is 18.8 Å². The Morgan fingerprint density at radius 3 is 2.64 bits per heavy atom. The number of anilines is 3. The fourth-order valence-corrected chi connectivity index (χ4v) is 3.60. The second kappa shape index (κ2) is 8.46. The Morgan fingerprint density at radius 1 is 1.03 bits per heavy atom. The molecule has 0 fully saturated rings. The third kappa shape index (κ3) is 4.24. The molecule has 3 amide bonds. The summed E-state index contributed by atoms with van der Waals surface area (Å²) in [5.41, 5.74) is 2.15. The summed E-state index contributed by atoms with van der Waals surface area (Å²) in [7, 11) is 0. The zero-order valence-corrected chi connectivity index (χ0v) is 17.4. The van der Waals surface area contributed by atoms with Crippen molar-refractivity contribution in [3.63, 3.8) is 0 Å². The SMILES string of the molecule is O=C1CN(C(=O)c2ccc(NC(=O)c3ccc(Cn4cccn4)o3)cc2)c2ccccc2N1. The quantitative estimate of drug-likeness (QED) is 0.494. The maximum absolute atomic E-state index is 13.0. The minimum Gasteiger partial charge on any atom is -0.454 e. The molecule has 4 aromatic rings. The van der Waals surface area contributed by atoms with Crippen molar-refractivity contribution in [1.82, 2.24) is 9.78 Å². The third-order valence-corrected chi connectivity index (χ3v) is 5.17. The lowest BCUT2D eigenvalue weighted by Crippen LogP contribution is -2.42. The molecule has 9 heteroatoms. The standard InChI is InChI=1S/C24H19N5O4/c30-22-15-29(20-5-2-1-4-19(20)27-22)24(32)16-6-8-17(9-7-16)26-23(31)21-11-10-18(33-21)14-28-13-3-12-25-28/h1-13H,14-15H2,(H,26,31)(H,27,30). The number of carbonyl (C=O) groups is 3. The number of nitrogens with zero attached hydrogens (tertiary/aromatic N) is 3. The van der Waals surface area contributed by atoms with Crippen LogP contribution in [0.25, 0.3) is 0 Å². The van der Waals surface area contributed by atoms with Crippen molar-refractivity contribution in [2.75, 3.05) is 22.1 Å². The van der Waals surface area contributed by atoms with Crippen LogP contribution in [0.4, 0.5) is 17.1 Å². The predicted octanol–water partition coefficient (Wildman–Crippen LogP) is 3.38. The van der Waals surface area contributed by atoms with E-state index in [0.717, 1.165) is 0 Å². The molecule has 0 unspecified atom stereocenters. The molecule has 2 aromatic heterocycles. The van der Waals surface area contributed by atoms with E-state index in [4.69, 9.17) is 4.42 Å². The van der Waals surface area contributed by atoms with E-state index in [9.17, 15) is 14.4 Å². The van der Waals surface area contributed by atoms with Gasteiger partial charge in [-0.3, -0.25) is 24.0 Å². The molecule has 1 aliphatic heterocycles. The maximum atomic E-state index is 13.0. The Bertz CT molecular complexity index is 1330. The second-order valence-electron chi connectivity index (χ2n) is 7.46. The lowest BCUT2D eigenvalue weighted by atomic mass is 10.1. The number of amides is 3. The van der Waals surface area contributed by atoms with Gasteiger partial charge in [-0.15, -0.1) is 0 Å². The predicted molar refractivity (Wildman–Crippen MR) is 121 cm³/mol. The topological polar surface area (TPSA) is 109 Å². The summed E-state index contributed by atoms with van der Waals surface area (Å²) < 4.78 is 7.30. The Hall–Kier alpha value is -4.66. The minimum atomic E-state index is -0.401. The average Bonchev–Trinajstić information content (AvgIpc) is 3.51. The van der Waals surface area contributed by atoms with Crippen LogP contribution in [0.2, 0.25) is 0 Å². The van der Waals surface area contributed by atoms with Crippen LogP contribution >= 0.6 is 0 Å². The monoisotopic (exact) mass is 441 g/mol. The lowest BCUT2D eigenvalue weighted by Gasteiger charge is -2.29. The van der Waals surface area contributed by atoms with Crippen LogP contribution in [0, 0.1) is 0 Å². The number of aromatic nitrogens is 2. The number of hydrogen-bond donors (Lipinski definition) is 2. The number of hydrogen-bond acceptors (Lipinski definition) is 5. The van der Waals surface area contributed by atoms with Gasteiger partial charge in [0, 0.05) is 23.6 Å². The van der Waals surface area contributed by atoms with Crippen molar-refractivity contribution >= 4 is 34.8 Å². The van der Waals surface area contributed by atoms with Gasteiger partial charge in [-0.1, -0.05) is 12.1 Å². The van der Waals surface area contributed by atoms with Crippen molar-refractivity contribution in [2.24, 2.45) is 0 Å². The highest BCUT2D eigenvalue weighted by Gasteiger charge is 2.27. The van der Waals surface area contributed by atoms with E-state index in [1.807, 2.05) is 12.1 Å². The van der Waals surface area contributed by atoms with Crippen molar-refractivity contribution in [2.45, 2.75) is 6.54 Å². The first-order valence-corrected chi connectivity index (χ1v) is 10.2. The van der Waals surface area contributed by atoms with Crippen LogP contribution in [-0.4, -0.2) is 34.0 Å². The van der Waals surface area contributed by atoms with Gasteiger partial charge in [-0.2, -0.15) is 5.10 Å². The van der Waals surface area contributed by atoms with Gasteiger partial charge in [0.1, 0.15) is 12.3 Å². The highest BCUT2D eigenvalue weighted by molar-refractivity contribution is 6.15. The number of para-hydroxylation sites is 2. The fourth-order valence-electron chi connectivity index (χ4n) is 3.60. The normalized spacial score (nSPS) is 12.7. The fraction of sp³-hybridized carbons (Fsp3) is 0.0833. The molecule has 1 aliphatic rings. The number of furan rings is 1. The molecular formula is C24H19N5O4. The number of rotatable bonds is 5. The summed E-state index contributed by atoms with van der Waals surface area (Å²) in [6, 6.07) is 18.8. The molecule has 2 aromatic carbocycles. The van der Waals surface area contributed by atoms with Crippen LogP contribution < -0.4 is 15.5 Å². The number of fused-ring (bicyclic) bond motifs is 1. The van der Waals surface area contributed by atoms with Crippen LogP contribution in [0.5, 0.6) is 0 Å². The van der Waals surface area contributed by atoms with Gasteiger partial charge < -0.3 is 15.1 Å². The summed E-state index contributed by atoms with van der Waals surface area (Å²) in [4.78, 5) is 39.0. The Labute approximate surface area is 188 Å². The molecule has 0 radical (unpaired) electrons. The molecule has 33 heavy (non-hydrogen) atoms. The van der Waals surface area contributed by atoms with Gasteiger partial charge in [0.25, 0.3) is 11.8 Å². The number of benzene rings is 2. The van der Waals surface area contributed by atoms with Crippen molar-refractivity contribution in [1.29, 1.82) is 0 Å². The third-order valence-electron chi connectivity index (χ3n) is 5.17. The molecule has 0 atom stereocenters. The second-order valence-corrected chi connectivity index (χ2v) is 7.46. The smallest absolute Gasteiger partial charge is 0.291 e. The van der Waals surface area contributed by atoms with Gasteiger partial charge in [-0.25, -0.2) is 0 Å². The van der Waals surface area contributed by atoms with E-state index >= 15 is 0 Å². The summed E-state index contributed by atoms with van der Waals surface area (Å²) >= 11 is 0. The van der Waals surface area contributed by atoms with Crippen LogP contribution in [0.3, 0.4) is 0 Å². The molecule has 0 saturated carbocycles. The summed E-state index contributed by atoms with van der Waals surface area (Å²) in [5.74, 6) is -0.174. The molecule has 164 valence electrons. The Kier molecular flexibility index (Phi) is 5.19. The first-order chi connectivity index (χ1) is 16.1. The lowest BCUT2D eigenvalue weighted by molar-refractivity contribution is -0.115. The first-order valence-electron chi connectivity index (χ1n) is 10.2. The molecule has 2 N–H and O–H groups in total. The van der Waals surface area contributed by atoms with Gasteiger partial charge in [0.15, 0.2) is 5.76 Å². The van der Waals surface area contributed by atoms with Crippen molar-refractivity contribution in [3.8, 4) is 0 Å². The van der Waals surface area contributed by atoms with E-state index in [-0.39, 0.29) is 24.1 Å². The van der Waals surface area contributed by atoms with Crippen LogP contribution in [0.1, 0.15) is 26.7 Å². The van der Waals surface area contributed by atoms with E-state index in [1.165, 1.54) is 4.90 Å². The molecule has 9 nitrogen and oxygen atoms in total. The highest BCUT2D eigenvalue weighted by atomic mass is 16.4. The van der Waals surface area contributed by atoms with Gasteiger partial charge >= 0.3 is 0 Å². The van der Waals surface area contributed by atoms with E-state index in [1.54, 1.807) is 71.7 Å². The molecule has 0 saturated heterocycles. The van der Waals surface area contributed by atoms with E-state index in [2.05, 4.69) is 15.7 Å². The molecular weight excluding hydrogens is 422 g/mol. The molecule has 0 spiro atoms. The van der Waals surface area contributed by atoms with Crippen LogP contribution in [0.15, 0.2) is 83.5 Å². The zero-order valence-electron chi connectivity index (χ0n) is 17.4. The number of nitrogens with one attached hydrogen (secondary N) is 2. The summed E-state index contributed by atoms with van der Waals surface area (Å²) in [6.07, 6.45) is 3.48. The van der Waals surface area contributed by atoms with Gasteiger partial charge in [0.05, 0.1) is 17.9 Å². The zero-order chi connectivity index (χ0) is 22.8. The van der Waals surface area contributed by atoms with Gasteiger partial charge in [0.2, 0.25) is 5.91 Å². The van der Waals surface area contributed by atoms with E-state index in [0.29, 0.717) is 34.9 Å². The van der Waals surface area contributed by atoms with Gasteiger partial charge in [-0.05, 0) is 54.6 Å². The summed E-state index contributed by atoms with van der Waals surface area (Å²) in [5, 5.41) is 9.63. The highest BCUT2D eigenvalue weighted by Crippen LogP contribution is 2.30. The largest absolute Gasteiger partial charge is 0.454 e. The molecule has 0 aliphatic carbocycles. The Morgan fingerprint density at radius 2 is 1.85 bits per heavy atom. The van der Waals surface area contributed by atoms with Crippen molar-refractivity contribution in [3.05, 3.63) is 96.2 Å². The molecule has 3 heterocycles. The van der Waals surface area contributed by atoms with E-state index < -0.39 is 5.91 Å². The number of carbonyl (C=O) groups excluding carboxylic acids is 3. The molecule has 5 rings (SSSR count). The first kappa shape index (κ1) is 20.3. The minimum absolute atomic E-state index is 0.0618. The molecule has 0 bridgehead atoms.